The van der Waals surface area contributed by atoms with Gasteiger partial charge in [-0.05, 0) is 204 Å². The van der Waals surface area contributed by atoms with Gasteiger partial charge in [-0.1, -0.05) is 140 Å². The van der Waals surface area contributed by atoms with Gasteiger partial charge >= 0.3 is 0 Å². The van der Waals surface area contributed by atoms with E-state index in [2.05, 4.69) is 260 Å². The van der Waals surface area contributed by atoms with E-state index >= 15 is 0 Å². The summed E-state index contributed by atoms with van der Waals surface area (Å²) in [4.78, 5) is 10.1. The normalized spacial score (nSPS) is 21.2. The summed E-state index contributed by atoms with van der Waals surface area (Å²) in [6.07, 6.45) is 8.83. The second-order valence-electron chi connectivity index (χ2n) is 23.7. The maximum absolute atomic E-state index is 6.98. The predicted octanol–water partition coefficient (Wildman–Crippen LogP) is 18.2. The lowest BCUT2D eigenvalue weighted by atomic mass is 9.42. The van der Waals surface area contributed by atoms with Crippen LogP contribution in [0.3, 0.4) is 0 Å². The average molecular weight is 1020 g/mol. The average Bonchev–Trinajstić information content (AvgIpc) is 4.26. The molecule has 5 nitrogen and oxygen atoms in total. The Bertz CT molecular complexity index is 4140. The fourth-order valence-electron chi connectivity index (χ4n) is 16.5. The van der Waals surface area contributed by atoms with Crippen molar-refractivity contribution >= 4 is 44.6 Å². The number of nitrogens with zero attached hydrogens (tertiary/aromatic N) is 4. The van der Waals surface area contributed by atoms with Crippen LogP contribution in [-0.4, -0.2) is 16.2 Å². The first-order valence-electron chi connectivity index (χ1n) is 28.7. The van der Waals surface area contributed by atoms with Gasteiger partial charge in [-0.2, -0.15) is 0 Å². The van der Waals surface area contributed by atoms with Crippen LogP contribution in [-0.2, 0) is 10.8 Å². The van der Waals surface area contributed by atoms with E-state index in [1.807, 2.05) is 0 Å². The summed E-state index contributed by atoms with van der Waals surface area (Å²) in [5.41, 5.74) is 21.1. The first kappa shape index (κ1) is 46.4. The molecule has 384 valence electrons. The highest BCUT2D eigenvalue weighted by Gasteiger charge is 2.59. The van der Waals surface area contributed by atoms with E-state index in [4.69, 9.17) is 9.72 Å². The minimum atomic E-state index is -0.482. The van der Waals surface area contributed by atoms with Crippen LogP contribution in [0, 0.1) is 44.4 Å². The standard InChI is InChI=1S/C74H62N4O/c1-47-35-55(36-48(2)49(47)3)73(56-38-50-37-51(40-56)41-57(73)39-50)54-33-34-75-72(42-54)78-68-26-13-11-24-64(68)65-32-30-61(45-71(65)78)79-60-22-16-21-58(43-60)76-46-77(70-28-15-14-27-69(70)76)59-29-31-63-62-23-10-12-25-66(62)74(67(63)44-59,52-17-6-4-7-18-52)53-19-8-5-9-20-53/h4-36,42-45,50-51,56-57H,37-41,46H2,1-3H3. The van der Waals surface area contributed by atoms with Crippen molar-refractivity contribution in [1.29, 1.82) is 0 Å². The molecule has 4 bridgehead atoms. The lowest BCUT2D eigenvalue weighted by Crippen LogP contribution is -2.56. The third kappa shape index (κ3) is 6.84. The van der Waals surface area contributed by atoms with Crippen LogP contribution >= 0.6 is 0 Å². The quantitative estimate of drug-likeness (QED) is 0.144. The van der Waals surface area contributed by atoms with Crippen LogP contribution in [0.1, 0.15) is 82.2 Å². The molecule has 1 aliphatic heterocycles. The second kappa shape index (κ2) is 17.7. The van der Waals surface area contributed by atoms with Gasteiger partial charge in [0.2, 0.25) is 0 Å². The molecule has 0 amide bonds. The lowest BCUT2D eigenvalue weighted by Gasteiger charge is -2.62. The molecule has 17 rings (SSSR count). The number of ether oxygens (including phenoxy) is 1. The van der Waals surface area contributed by atoms with E-state index in [9.17, 15) is 0 Å². The number of fused-ring (bicyclic) bond motifs is 7. The number of anilines is 4. The smallest absolute Gasteiger partial charge is 0.137 e. The highest BCUT2D eigenvalue weighted by atomic mass is 16.5. The second-order valence-corrected chi connectivity index (χ2v) is 23.7. The zero-order valence-electron chi connectivity index (χ0n) is 45.1. The molecule has 3 heterocycles. The number of hydrogen-bond donors (Lipinski definition) is 0. The number of aromatic nitrogens is 2. The van der Waals surface area contributed by atoms with Gasteiger partial charge < -0.3 is 14.5 Å². The Hall–Kier alpha value is -8.67. The van der Waals surface area contributed by atoms with E-state index in [1.54, 1.807) is 0 Å². The summed E-state index contributed by atoms with van der Waals surface area (Å²) >= 11 is 0. The molecule has 4 saturated carbocycles. The number of aryl methyl sites for hydroxylation is 2. The molecule has 0 atom stereocenters. The van der Waals surface area contributed by atoms with Crippen molar-refractivity contribution in [2.75, 3.05) is 16.5 Å². The SMILES string of the molecule is Cc1cc(C2(c3ccnc(-n4c5ccccc5c5ccc(Oc6cccc(N7CN(c8ccc9c(c8)C(c8ccccc8)(c8ccccc8)c8ccccc8-9)c8ccccc87)c6)cc54)c3)C3CC4CC(C3)CC2C4)cc(C)c1C. The van der Waals surface area contributed by atoms with Crippen LogP contribution in [0.15, 0.2) is 225 Å². The number of hydrogen-bond acceptors (Lipinski definition) is 4. The van der Waals surface area contributed by atoms with Crippen molar-refractivity contribution in [2.45, 2.75) is 63.7 Å². The summed E-state index contributed by atoms with van der Waals surface area (Å²) in [6.45, 7) is 7.56. The van der Waals surface area contributed by atoms with Crippen molar-refractivity contribution in [1.82, 2.24) is 9.55 Å². The molecule has 9 aromatic carbocycles. The third-order valence-electron chi connectivity index (χ3n) is 19.8. The number of rotatable bonds is 9. The molecule has 5 heteroatoms. The molecule has 4 fully saturated rings. The van der Waals surface area contributed by atoms with Crippen molar-refractivity contribution in [2.24, 2.45) is 23.7 Å². The molecule has 6 aliphatic rings. The van der Waals surface area contributed by atoms with Gasteiger partial charge in [0, 0.05) is 45.9 Å². The van der Waals surface area contributed by atoms with Crippen molar-refractivity contribution in [3.8, 4) is 28.4 Å². The topological polar surface area (TPSA) is 33.5 Å². The van der Waals surface area contributed by atoms with E-state index < -0.39 is 5.41 Å². The largest absolute Gasteiger partial charge is 0.457 e. The maximum Gasteiger partial charge on any atom is 0.137 e. The molecule has 0 unspecified atom stereocenters. The Balaban J connectivity index is 0.756. The van der Waals surface area contributed by atoms with Gasteiger partial charge in [-0.15, -0.1) is 0 Å². The first-order chi connectivity index (χ1) is 38.8. The fraction of sp³-hybridized carbons (Fsp3) is 0.203. The van der Waals surface area contributed by atoms with E-state index in [0.717, 1.165) is 57.2 Å². The van der Waals surface area contributed by atoms with Gasteiger partial charge in [0.1, 0.15) is 24.0 Å². The Morgan fingerprint density at radius 2 is 1.05 bits per heavy atom. The van der Waals surface area contributed by atoms with Crippen molar-refractivity contribution in [3.63, 3.8) is 0 Å². The summed E-state index contributed by atoms with van der Waals surface area (Å²) in [6, 6.07) is 81.0. The van der Waals surface area contributed by atoms with E-state index in [0.29, 0.717) is 18.5 Å². The molecule has 79 heavy (non-hydrogen) atoms. The Morgan fingerprint density at radius 3 is 1.77 bits per heavy atom. The molecule has 11 aromatic rings. The minimum absolute atomic E-state index is 0.0381. The zero-order chi connectivity index (χ0) is 52.6. The molecular formula is C74H62N4O. The molecule has 2 aromatic heterocycles. The summed E-state index contributed by atoms with van der Waals surface area (Å²) in [5.74, 6) is 5.52. The summed E-state index contributed by atoms with van der Waals surface area (Å²) in [7, 11) is 0. The van der Waals surface area contributed by atoms with Gasteiger partial charge in [-0.25, -0.2) is 4.98 Å². The first-order valence-corrected chi connectivity index (χ1v) is 28.7. The summed E-state index contributed by atoms with van der Waals surface area (Å²) in [5, 5.41) is 2.40. The molecule has 5 aliphatic carbocycles. The zero-order valence-corrected chi connectivity index (χ0v) is 45.1. The molecule has 0 spiro atoms. The highest BCUT2D eigenvalue weighted by Crippen LogP contribution is 2.66. The Kier molecular flexibility index (Phi) is 10.4. The number of pyridine rings is 1. The van der Waals surface area contributed by atoms with Crippen LogP contribution < -0.4 is 14.5 Å². The molecule has 0 N–H and O–H groups in total. The molecule has 0 saturated heterocycles. The highest BCUT2D eigenvalue weighted by molar-refractivity contribution is 6.09. The van der Waals surface area contributed by atoms with E-state index in [1.165, 1.54) is 110 Å². The third-order valence-corrected chi connectivity index (χ3v) is 19.8. The molecule has 0 radical (unpaired) electrons. The van der Waals surface area contributed by atoms with E-state index in [-0.39, 0.29) is 5.41 Å². The van der Waals surface area contributed by atoms with Crippen LogP contribution in [0.25, 0.3) is 38.8 Å². The monoisotopic (exact) mass is 1020 g/mol. The number of para-hydroxylation sites is 3. The van der Waals surface area contributed by atoms with Crippen LogP contribution in [0.4, 0.5) is 22.7 Å². The minimum Gasteiger partial charge on any atom is -0.457 e. The van der Waals surface area contributed by atoms with Gasteiger partial charge in [0.15, 0.2) is 0 Å². The Labute approximate surface area is 463 Å². The molecular weight excluding hydrogens is 961 g/mol. The van der Waals surface area contributed by atoms with Crippen LogP contribution in [0.2, 0.25) is 0 Å². The van der Waals surface area contributed by atoms with Crippen molar-refractivity contribution in [3.05, 3.63) is 275 Å². The fourth-order valence-corrected chi connectivity index (χ4v) is 16.5. The summed E-state index contributed by atoms with van der Waals surface area (Å²) < 4.78 is 9.37. The Morgan fingerprint density at radius 1 is 0.443 bits per heavy atom. The lowest BCUT2D eigenvalue weighted by molar-refractivity contribution is -0.0419. The van der Waals surface area contributed by atoms with Crippen LogP contribution in [0.5, 0.6) is 11.5 Å². The number of benzene rings is 9. The van der Waals surface area contributed by atoms with Gasteiger partial charge in [-0.3, -0.25) is 4.57 Å². The maximum atomic E-state index is 6.98. The van der Waals surface area contributed by atoms with Gasteiger partial charge in [0.05, 0.1) is 27.8 Å². The predicted molar refractivity (Wildman–Crippen MR) is 323 cm³/mol. The van der Waals surface area contributed by atoms with Crippen molar-refractivity contribution < 1.29 is 4.74 Å². The van der Waals surface area contributed by atoms with Gasteiger partial charge in [0.25, 0.3) is 0 Å².